The summed E-state index contributed by atoms with van der Waals surface area (Å²) in [5.74, 6) is -1.36. The van der Waals surface area contributed by atoms with E-state index in [-0.39, 0.29) is 48.0 Å². The van der Waals surface area contributed by atoms with E-state index in [1.807, 2.05) is 0 Å². The number of sulfonamides is 1. The Morgan fingerprint density at radius 3 is 2.25 bits per heavy atom. The zero-order valence-corrected chi connectivity index (χ0v) is 20.9. The maximum atomic E-state index is 13.0. The number of carbonyl (C=O) groups is 2. The zero-order chi connectivity index (χ0) is 25.9. The van der Waals surface area contributed by atoms with Crippen molar-refractivity contribution in [3.05, 3.63) is 65.2 Å². The molecule has 192 valence electrons. The molecule has 2 saturated heterocycles. The molecular weight excluding hydrogens is 488 g/mol. The number of likely N-dealkylation sites (tertiary alicyclic amines) is 1. The van der Waals surface area contributed by atoms with E-state index in [2.05, 4.69) is 0 Å². The van der Waals surface area contributed by atoms with Gasteiger partial charge in [-0.25, -0.2) is 8.42 Å². The quantitative estimate of drug-likeness (QED) is 0.320. The van der Waals surface area contributed by atoms with Gasteiger partial charge in [-0.2, -0.15) is 4.31 Å². The topological polar surface area (TPSA) is 123 Å². The van der Waals surface area contributed by atoms with Gasteiger partial charge in [0.15, 0.2) is 0 Å². The third kappa shape index (κ3) is 4.87. The van der Waals surface area contributed by atoms with E-state index in [9.17, 15) is 23.1 Å². The van der Waals surface area contributed by atoms with Crippen molar-refractivity contribution in [3.63, 3.8) is 0 Å². The number of carbonyl (C=O) groups excluding carboxylic acids is 2. The smallest absolute Gasteiger partial charge is 0.295 e. The average molecular weight is 517 g/mol. The number of nitrogens with zero attached hydrogens (tertiary/aromatic N) is 2. The Bertz CT molecular complexity index is 1250. The molecule has 1 amide bonds. The summed E-state index contributed by atoms with van der Waals surface area (Å²) in [7, 11) is -0.700. The van der Waals surface area contributed by atoms with Crippen molar-refractivity contribution in [3.8, 4) is 5.75 Å². The minimum absolute atomic E-state index is 0.0631. The summed E-state index contributed by atoms with van der Waals surface area (Å²) in [5.41, 5.74) is 0.753. The molecule has 0 unspecified atom stereocenters. The molecule has 0 spiro atoms. The SMILES string of the molecule is COCCN1C(=O)C(=O)/C(=C(/O)c2ccc(S(=O)(=O)N3CCOCC3)cc2)[C@H]1c1ccc(OC)cc1. The molecule has 10 nitrogen and oxygen atoms in total. The van der Waals surface area contributed by atoms with Crippen molar-refractivity contribution < 1.29 is 37.3 Å². The van der Waals surface area contributed by atoms with Crippen LogP contribution in [-0.2, 0) is 29.1 Å². The lowest BCUT2D eigenvalue weighted by Gasteiger charge is -2.26. The standard InChI is InChI=1S/C25H28N2O8S/c1-33-14-13-27-22(17-3-7-19(34-2)8-4-17)21(24(29)25(27)30)23(28)18-5-9-20(10-6-18)36(31,32)26-11-15-35-16-12-26/h3-10,22,28H,11-16H2,1-2H3/b23-21+/t22-/m1/s1. The number of aliphatic hydroxyl groups is 1. The van der Waals surface area contributed by atoms with Crippen LogP contribution in [0.25, 0.3) is 5.76 Å². The number of ether oxygens (including phenoxy) is 3. The number of benzene rings is 2. The van der Waals surface area contributed by atoms with E-state index in [4.69, 9.17) is 14.2 Å². The first kappa shape index (κ1) is 25.8. The lowest BCUT2D eigenvalue weighted by atomic mass is 9.95. The fourth-order valence-electron chi connectivity index (χ4n) is 4.31. The Labute approximate surface area is 209 Å². The Morgan fingerprint density at radius 1 is 1.03 bits per heavy atom. The molecule has 2 aliphatic heterocycles. The van der Waals surface area contributed by atoms with Crippen LogP contribution < -0.4 is 4.74 Å². The highest BCUT2D eigenvalue weighted by molar-refractivity contribution is 7.89. The lowest BCUT2D eigenvalue weighted by molar-refractivity contribution is -0.140. The Balaban J connectivity index is 1.73. The Morgan fingerprint density at radius 2 is 1.67 bits per heavy atom. The van der Waals surface area contributed by atoms with Gasteiger partial charge < -0.3 is 24.2 Å². The molecule has 0 radical (unpaired) electrons. The third-order valence-electron chi connectivity index (χ3n) is 6.24. The summed E-state index contributed by atoms with van der Waals surface area (Å²) in [4.78, 5) is 27.3. The van der Waals surface area contributed by atoms with Crippen LogP contribution in [0, 0.1) is 0 Å². The largest absolute Gasteiger partial charge is 0.507 e. The van der Waals surface area contributed by atoms with Crippen molar-refractivity contribution in [1.82, 2.24) is 9.21 Å². The summed E-state index contributed by atoms with van der Waals surface area (Å²) >= 11 is 0. The lowest BCUT2D eigenvalue weighted by Crippen LogP contribution is -2.40. The van der Waals surface area contributed by atoms with Crippen LogP contribution in [0.1, 0.15) is 17.2 Å². The number of amides is 1. The van der Waals surface area contributed by atoms with Crippen LogP contribution in [0.15, 0.2) is 59.0 Å². The summed E-state index contributed by atoms with van der Waals surface area (Å²) < 4.78 is 42.7. The fourth-order valence-corrected chi connectivity index (χ4v) is 5.72. The van der Waals surface area contributed by atoms with Gasteiger partial charge in [-0.1, -0.05) is 12.1 Å². The summed E-state index contributed by atoms with van der Waals surface area (Å²) in [6.45, 7) is 1.52. The van der Waals surface area contributed by atoms with Crippen molar-refractivity contribution in [2.45, 2.75) is 10.9 Å². The molecule has 0 aromatic heterocycles. The molecule has 2 aliphatic rings. The van der Waals surface area contributed by atoms with Crippen LogP contribution in [0.2, 0.25) is 0 Å². The molecule has 2 heterocycles. The summed E-state index contributed by atoms with van der Waals surface area (Å²) in [6.07, 6.45) is 0. The number of morpholine rings is 1. The maximum absolute atomic E-state index is 13.0. The molecular formula is C25H28N2O8S. The highest BCUT2D eigenvalue weighted by Crippen LogP contribution is 2.39. The average Bonchev–Trinajstić information content (AvgIpc) is 3.17. The van der Waals surface area contributed by atoms with Crippen LogP contribution in [-0.4, -0.2) is 88.1 Å². The number of methoxy groups -OCH3 is 2. The monoisotopic (exact) mass is 516 g/mol. The Kier molecular flexibility index (Phi) is 7.74. The molecule has 2 fully saturated rings. The van der Waals surface area contributed by atoms with Gasteiger partial charge in [0, 0.05) is 32.3 Å². The predicted molar refractivity (Wildman–Crippen MR) is 130 cm³/mol. The van der Waals surface area contributed by atoms with Crippen LogP contribution in [0.3, 0.4) is 0 Å². The second kappa shape index (κ2) is 10.8. The highest BCUT2D eigenvalue weighted by Gasteiger charge is 2.45. The van der Waals surface area contributed by atoms with E-state index >= 15 is 0 Å². The van der Waals surface area contributed by atoms with Gasteiger partial charge in [-0.15, -0.1) is 0 Å². The number of hydrogen-bond acceptors (Lipinski definition) is 8. The maximum Gasteiger partial charge on any atom is 0.295 e. The fraction of sp³-hybridized carbons (Fsp3) is 0.360. The summed E-state index contributed by atoms with van der Waals surface area (Å²) in [5, 5.41) is 11.2. The van der Waals surface area contributed by atoms with Crippen molar-refractivity contribution in [2.24, 2.45) is 0 Å². The van der Waals surface area contributed by atoms with Crippen LogP contribution >= 0.6 is 0 Å². The van der Waals surface area contributed by atoms with E-state index in [0.717, 1.165) is 0 Å². The first-order valence-corrected chi connectivity index (χ1v) is 12.8. The second-order valence-electron chi connectivity index (χ2n) is 8.30. The number of aliphatic hydroxyl groups excluding tert-OH is 1. The number of hydrogen-bond donors (Lipinski definition) is 1. The van der Waals surface area contributed by atoms with E-state index in [1.165, 1.54) is 47.7 Å². The van der Waals surface area contributed by atoms with Gasteiger partial charge in [0.1, 0.15) is 11.5 Å². The first-order chi connectivity index (χ1) is 17.3. The third-order valence-corrected chi connectivity index (χ3v) is 8.16. The number of rotatable bonds is 8. The van der Waals surface area contributed by atoms with Crippen molar-refractivity contribution in [2.75, 3.05) is 53.7 Å². The molecule has 11 heteroatoms. The number of ketones is 1. The van der Waals surface area contributed by atoms with E-state index in [0.29, 0.717) is 24.5 Å². The van der Waals surface area contributed by atoms with Crippen LogP contribution in [0.5, 0.6) is 5.75 Å². The molecule has 1 N–H and O–H groups in total. The van der Waals surface area contributed by atoms with E-state index < -0.39 is 27.8 Å². The molecule has 2 aromatic rings. The van der Waals surface area contributed by atoms with Gasteiger partial charge in [0.05, 0.1) is 43.4 Å². The Hall–Kier alpha value is -3.25. The van der Waals surface area contributed by atoms with Gasteiger partial charge in [0.2, 0.25) is 10.0 Å². The molecule has 1 atom stereocenters. The van der Waals surface area contributed by atoms with Gasteiger partial charge in [0.25, 0.3) is 11.7 Å². The molecule has 36 heavy (non-hydrogen) atoms. The van der Waals surface area contributed by atoms with Crippen LogP contribution in [0.4, 0.5) is 0 Å². The molecule has 0 bridgehead atoms. The summed E-state index contributed by atoms with van der Waals surface area (Å²) in [6, 6.07) is 11.6. The van der Waals surface area contributed by atoms with Crippen molar-refractivity contribution >= 4 is 27.5 Å². The predicted octanol–water partition coefficient (Wildman–Crippen LogP) is 1.78. The van der Waals surface area contributed by atoms with Gasteiger partial charge in [-0.05, 0) is 42.0 Å². The molecule has 4 rings (SSSR count). The minimum atomic E-state index is -3.72. The second-order valence-corrected chi connectivity index (χ2v) is 10.2. The van der Waals surface area contributed by atoms with E-state index in [1.54, 1.807) is 24.3 Å². The highest BCUT2D eigenvalue weighted by atomic mass is 32.2. The first-order valence-electron chi connectivity index (χ1n) is 11.4. The van der Waals surface area contributed by atoms with Crippen molar-refractivity contribution in [1.29, 1.82) is 0 Å². The normalized spacial score (nSPS) is 20.6. The molecule has 2 aromatic carbocycles. The zero-order valence-electron chi connectivity index (χ0n) is 20.0. The van der Waals surface area contributed by atoms with Gasteiger partial charge >= 0.3 is 0 Å². The van der Waals surface area contributed by atoms with Gasteiger partial charge in [-0.3, -0.25) is 9.59 Å². The molecule has 0 saturated carbocycles. The minimum Gasteiger partial charge on any atom is -0.507 e. The molecule has 0 aliphatic carbocycles. The number of Topliss-reactive ketones (excluding diaryl/α,β-unsaturated/α-hetero) is 1.